The molecule has 1 heterocycles. The summed E-state index contributed by atoms with van der Waals surface area (Å²) in [7, 11) is 0. The second kappa shape index (κ2) is 2.41. The summed E-state index contributed by atoms with van der Waals surface area (Å²) < 4.78 is 12.3. The number of hydrogen-bond acceptors (Lipinski definition) is 3. The van der Waals surface area contributed by atoms with Gasteiger partial charge in [0.1, 0.15) is 6.10 Å². The quantitative estimate of drug-likeness (QED) is 0.439. The van der Waals surface area contributed by atoms with E-state index >= 15 is 0 Å². The SMILES string of the molecule is O=C1C(O)CNCC1F. The van der Waals surface area contributed by atoms with Gasteiger partial charge in [0, 0.05) is 13.1 Å². The standard InChI is InChI=1S/C5H8FNO2/c6-3-1-7-2-4(8)5(3)9/h3-4,7-8H,1-2H2. The van der Waals surface area contributed by atoms with Gasteiger partial charge in [0.2, 0.25) is 0 Å². The second-order valence-corrected chi connectivity index (χ2v) is 2.04. The molecule has 1 aliphatic heterocycles. The Labute approximate surface area is 51.9 Å². The van der Waals surface area contributed by atoms with Crippen LogP contribution in [-0.4, -0.2) is 36.3 Å². The first-order chi connectivity index (χ1) is 4.22. The summed E-state index contributed by atoms with van der Waals surface area (Å²) in [6, 6.07) is 0. The lowest BCUT2D eigenvalue weighted by Crippen LogP contribution is -2.48. The lowest BCUT2D eigenvalue weighted by atomic mass is 10.1. The van der Waals surface area contributed by atoms with E-state index in [-0.39, 0.29) is 13.1 Å². The van der Waals surface area contributed by atoms with Gasteiger partial charge in [-0.1, -0.05) is 0 Å². The predicted molar refractivity (Wildman–Crippen MR) is 28.8 cm³/mol. The fourth-order valence-corrected chi connectivity index (χ4v) is 0.757. The van der Waals surface area contributed by atoms with E-state index in [1.807, 2.05) is 0 Å². The molecular weight excluding hydrogens is 125 g/mol. The Morgan fingerprint density at radius 2 is 2.33 bits per heavy atom. The molecule has 1 rings (SSSR count). The minimum atomic E-state index is -1.52. The largest absolute Gasteiger partial charge is 0.384 e. The van der Waals surface area contributed by atoms with Gasteiger partial charge in [-0.2, -0.15) is 0 Å². The van der Waals surface area contributed by atoms with Gasteiger partial charge in [-0.05, 0) is 0 Å². The van der Waals surface area contributed by atoms with E-state index in [9.17, 15) is 9.18 Å². The molecule has 0 aromatic rings. The van der Waals surface area contributed by atoms with Gasteiger partial charge < -0.3 is 10.4 Å². The zero-order chi connectivity index (χ0) is 6.85. The number of hydrogen-bond donors (Lipinski definition) is 2. The van der Waals surface area contributed by atoms with Crippen LogP contribution < -0.4 is 5.32 Å². The van der Waals surface area contributed by atoms with Gasteiger partial charge in [0.25, 0.3) is 0 Å². The highest BCUT2D eigenvalue weighted by atomic mass is 19.1. The molecule has 0 radical (unpaired) electrons. The molecule has 0 aromatic carbocycles. The van der Waals surface area contributed by atoms with Crippen LogP contribution in [0.1, 0.15) is 0 Å². The Morgan fingerprint density at radius 1 is 1.67 bits per heavy atom. The molecule has 0 bridgehead atoms. The van der Waals surface area contributed by atoms with Crippen LogP contribution in [-0.2, 0) is 4.79 Å². The number of carbonyl (C=O) groups is 1. The predicted octanol–water partition coefficient (Wildman–Crippen LogP) is -1.14. The normalized spacial score (nSPS) is 36.9. The number of Topliss-reactive ketones (excluding diaryl/α,β-unsaturated/α-hetero) is 1. The molecule has 9 heavy (non-hydrogen) atoms. The number of halogens is 1. The first-order valence-electron chi connectivity index (χ1n) is 2.78. The maximum Gasteiger partial charge on any atom is 0.197 e. The lowest BCUT2D eigenvalue weighted by molar-refractivity contribution is -0.133. The topological polar surface area (TPSA) is 49.3 Å². The summed E-state index contributed by atoms with van der Waals surface area (Å²) in [6.07, 6.45) is -2.66. The van der Waals surface area contributed by atoms with Gasteiger partial charge >= 0.3 is 0 Å². The third kappa shape index (κ3) is 1.25. The van der Waals surface area contributed by atoms with E-state index in [0.717, 1.165) is 0 Å². The molecule has 0 aromatic heterocycles. The van der Waals surface area contributed by atoms with Crippen molar-refractivity contribution >= 4 is 5.78 Å². The molecule has 3 nitrogen and oxygen atoms in total. The van der Waals surface area contributed by atoms with E-state index in [2.05, 4.69) is 5.32 Å². The first-order valence-corrected chi connectivity index (χ1v) is 2.78. The molecular formula is C5H8FNO2. The molecule has 2 atom stereocenters. The smallest absolute Gasteiger partial charge is 0.197 e. The van der Waals surface area contributed by atoms with E-state index in [0.29, 0.717) is 0 Å². The number of rotatable bonds is 0. The molecule has 0 saturated carbocycles. The molecule has 1 aliphatic rings. The molecule has 1 fully saturated rings. The minimum absolute atomic E-state index is 0.0376. The van der Waals surface area contributed by atoms with Crippen molar-refractivity contribution in [1.82, 2.24) is 5.32 Å². The average Bonchev–Trinajstić information content (AvgIpc) is 1.83. The number of β-amino-alcohol motifs (C(OH)–C–C–N with tert-alkyl or cyclic N) is 1. The fourth-order valence-electron chi connectivity index (χ4n) is 0.757. The molecule has 4 heteroatoms. The Balaban J connectivity index is 2.52. The van der Waals surface area contributed by atoms with Crippen molar-refractivity contribution in [3.8, 4) is 0 Å². The maximum atomic E-state index is 12.3. The Bertz CT molecular complexity index is 116. The number of ketones is 1. The Hall–Kier alpha value is -0.480. The van der Waals surface area contributed by atoms with Crippen molar-refractivity contribution in [2.45, 2.75) is 12.3 Å². The zero-order valence-corrected chi connectivity index (χ0v) is 4.80. The van der Waals surface area contributed by atoms with Crippen LogP contribution in [0, 0.1) is 0 Å². The van der Waals surface area contributed by atoms with Crippen LogP contribution in [0.15, 0.2) is 0 Å². The maximum absolute atomic E-state index is 12.3. The third-order valence-corrected chi connectivity index (χ3v) is 1.30. The number of aliphatic hydroxyl groups excluding tert-OH is 1. The average molecular weight is 133 g/mol. The van der Waals surface area contributed by atoms with Crippen molar-refractivity contribution in [3.05, 3.63) is 0 Å². The van der Waals surface area contributed by atoms with E-state index in [1.165, 1.54) is 0 Å². The zero-order valence-electron chi connectivity index (χ0n) is 4.80. The van der Waals surface area contributed by atoms with Crippen molar-refractivity contribution in [1.29, 1.82) is 0 Å². The molecule has 0 aliphatic carbocycles. The van der Waals surface area contributed by atoms with Crippen LogP contribution in [0.3, 0.4) is 0 Å². The molecule has 1 saturated heterocycles. The molecule has 0 spiro atoms. The fraction of sp³-hybridized carbons (Fsp3) is 0.800. The number of carbonyl (C=O) groups excluding carboxylic acids is 1. The van der Waals surface area contributed by atoms with Crippen LogP contribution in [0.5, 0.6) is 0 Å². The van der Waals surface area contributed by atoms with Gasteiger partial charge in [0.15, 0.2) is 12.0 Å². The van der Waals surface area contributed by atoms with E-state index < -0.39 is 18.1 Å². The summed E-state index contributed by atoms with van der Waals surface area (Å²) in [5.41, 5.74) is 0. The van der Waals surface area contributed by atoms with Crippen LogP contribution in [0.25, 0.3) is 0 Å². The minimum Gasteiger partial charge on any atom is -0.384 e. The van der Waals surface area contributed by atoms with Gasteiger partial charge in [0.05, 0.1) is 0 Å². The van der Waals surface area contributed by atoms with Crippen molar-refractivity contribution in [2.24, 2.45) is 0 Å². The summed E-state index contributed by atoms with van der Waals surface area (Å²) in [5, 5.41) is 11.3. The van der Waals surface area contributed by atoms with E-state index in [4.69, 9.17) is 5.11 Å². The highest BCUT2D eigenvalue weighted by molar-refractivity contribution is 5.88. The molecule has 52 valence electrons. The lowest BCUT2D eigenvalue weighted by Gasteiger charge is -2.19. The van der Waals surface area contributed by atoms with Gasteiger partial charge in [-0.3, -0.25) is 4.79 Å². The summed E-state index contributed by atoms with van der Waals surface area (Å²) in [6.45, 7) is 0.217. The molecule has 2 unspecified atom stereocenters. The van der Waals surface area contributed by atoms with Crippen LogP contribution in [0.4, 0.5) is 4.39 Å². The summed E-state index contributed by atoms with van der Waals surface area (Å²) >= 11 is 0. The molecule has 0 amide bonds. The molecule has 2 N–H and O–H groups in total. The number of aliphatic hydroxyl groups is 1. The van der Waals surface area contributed by atoms with Crippen LogP contribution >= 0.6 is 0 Å². The number of nitrogens with one attached hydrogen (secondary N) is 1. The summed E-state index contributed by atoms with van der Waals surface area (Å²) in [5.74, 6) is -0.700. The van der Waals surface area contributed by atoms with Gasteiger partial charge in [-0.25, -0.2) is 4.39 Å². The number of alkyl halides is 1. The summed E-state index contributed by atoms with van der Waals surface area (Å²) in [4.78, 5) is 10.5. The second-order valence-electron chi connectivity index (χ2n) is 2.04. The monoisotopic (exact) mass is 133 g/mol. The highest BCUT2D eigenvalue weighted by Crippen LogP contribution is 2.00. The Kier molecular flexibility index (Phi) is 1.78. The first kappa shape index (κ1) is 6.64. The third-order valence-electron chi connectivity index (χ3n) is 1.30. The number of piperidine rings is 1. The van der Waals surface area contributed by atoms with Crippen LogP contribution in [0.2, 0.25) is 0 Å². The highest BCUT2D eigenvalue weighted by Gasteiger charge is 2.28. The Morgan fingerprint density at radius 3 is 2.78 bits per heavy atom. The van der Waals surface area contributed by atoms with Crippen molar-refractivity contribution in [3.63, 3.8) is 0 Å². The van der Waals surface area contributed by atoms with Crippen molar-refractivity contribution in [2.75, 3.05) is 13.1 Å². The van der Waals surface area contributed by atoms with E-state index in [1.54, 1.807) is 0 Å². The van der Waals surface area contributed by atoms with Gasteiger partial charge in [-0.15, -0.1) is 0 Å². The van der Waals surface area contributed by atoms with Crippen molar-refractivity contribution < 1.29 is 14.3 Å².